The summed E-state index contributed by atoms with van der Waals surface area (Å²) in [5.41, 5.74) is 2.99. The van der Waals surface area contributed by atoms with E-state index in [9.17, 15) is 0 Å². The Bertz CT molecular complexity index is 425. The number of rotatable bonds is 5. The molecule has 0 amide bonds. The molecule has 3 heteroatoms. The highest BCUT2D eigenvalue weighted by Gasteiger charge is 2.22. The molecule has 112 valence electrons. The van der Waals surface area contributed by atoms with E-state index in [1.54, 1.807) is 0 Å². The van der Waals surface area contributed by atoms with Crippen LogP contribution in [0, 0.1) is 0 Å². The average Bonchev–Trinajstić information content (AvgIpc) is 2.84. The van der Waals surface area contributed by atoms with Crippen LogP contribution in [0.25, 0.3) is 0 Å². The lowest BCUT2D eigenvalue weighted by Crippen LogP contribution is -2.35. The molecule has 0 aromatic heterocycles. The fourth-order valence-corrected chi connectivity index (χ4v) is 2.62. The Morgan fingerprint density at radius 1 is 1.25 bits per heavy atom. The quantitative estimate of drug-likeness (QED) is 0.895. The van der Waals surface area contributed by atoms with E-state index in [0.717, 1.165) is 32.6 Å². The summed E-state index contributed by atoms with van der Waals surface area (Å²) in [6.45, 7) is 10.8. The molecule has 1 aliphatic rings. The van der Waals surface area contributed by atoms with Crippen LogP contribution in [0.1, 0.15) is 38.3 Å². The molecule has 1 atom stereocenters. The molecular weight excluding hydrogens is 248 g/mol. The van der Waals surface area contributed by atoms with Crippen molar-refractivity contribution in [3.05, 3.63) is 35.4 Å². The number of methoxy groups -OCH3 is 1. The largest absolute Gasteiger partial charge is 0.380 e. The van der Waals surface area contributed by atoms with Crippen molar-refractivity contribution >= 4 is 0 Å². The van der Waals surface area contributed by atoms with Gasteiger partial charge in [0.25, 0.3) is 0 Å². The molecule has 1 aromatic rings. The number of benzene rings is 1. The third kappa shape index (κ3) is 4.58. The van der Waals surface area contributed by atoms with Crippen molar-refractivity contribution in [2.75, 3.05) is 20.2 Å². The summed E-state index contributed by atoms with van der Waals surface area (Å²) in [7, 11) is 1.81. The molecule has 2 rings (SSSR count). The van der Waals surface area contributed by atoms with Gasteiger partial charge in [0.05, 0.1) is 6.10 Å². The van der Waals surface area contributed by atoms with Crippen molar-refractivity contribution in [3.63, 3.8) is 0 Å². The van der Waals surface area contributed by atoms with Gasteiger partial charge < -0.3 is 10.1 Å². The van der Waals surface area contributed by atoms with Gasteiger partial charge >= 0.3 is 0 Å². The Labute approximate surface area is 123 Å². The van der Waals surface area contributed by atoms with E-state index in [-0.39, 0.29) is 5.54 Å². The van der Waals surface area contributed by atoms with E-state index < -0.39 is 0 Å². The van der Waals surface area contributed by atoms with Gasteiger partial charge in [-0.15, -0.1) is 0 Å². The lowest BCUT2D eigenvalue weighted by Gasteiger charge is -2.23. The number of nitrogens with zero attached hydrogens (tertiary/aromatic N) is 1. The highest BCUT2D eigenvalue weighted by Crippen LogP contribution is 2.18. The molecule has 0 bridgehead atoms. The number of ether oxygens (including phenoxy) is 1. The molecule has 1 saturated heterocycles. The molecule has 1 fully saturated rings. The van der Waals surface area contributed by atoms with Crippen LogP contribution in [0.5, 0.6) is 0 Å². The zero-order chi connectivity index (χ0) is 14.6. The van der Waals surface area contributed by atoms with Crippen LogP contribution in [0.3, 0.4) is 0 Å². The summed E-state index contributed by atoms with van der Waals surface area (Å²) >= 11 is 0. The first-order valence-electron chi connectivity index (χ1n) is 7.55. The van der Waals surface area contributed by atoms with Crippen molar-refractivity contribution in [2.45, 2.75) is 51.9 Å². The molecule has 3 nitrogen and oxygen atoms in total. The maximum absolute atomic E-state index is 5.45. The average molecular weight is 276 g/mol. The van der Waals surface area contributed by atoms with Crippen LogP contribution in [-0.2, 0) is 17.8 Å². The van der Waals surface area contributed by atoms with Crippen LogP contribution in [0.2, 0.25) is 0 Å². The Morgan fingerprint density at radius 3 is 2.55 bits per heavy atom. The minimum Gasteiger partial charge on any atom is -0.380 e. The fourth-order valence-electron chi connectivity index (χ4n) is 2.62. The van der Waals surface area contributed by atoms with Gasteiger partial charge in [-0.25, -0.2) is 0 Å². The Hall–Kier alpha value is -0.900. The molecule has 1 N–H and O–H groups in total. The first-order valence-corrected chi connectivity index (χ1v) is 7.55. The van der Waals surface area contributed by atoms with E-state index in [0.29, 0.717) is 6.10 Å². The van der Waals surface area contributed by atoms with Gasteiger partial charge in [0, 0.05) is 38.8 Å². The maximum atomic E-state index is 5.45. The number of likely N-dealkylation sites (tertiary alicyclic amines) is 1. The topological polar surface area (TPSA) is 24.5 Å². The summed E-state index contributed by atoms with van der Waals surface area (Å²) in [6, 6.07) is 8.75. The summed E-state index contributed by atoms with van der Waals surface area (Å²) in [5.74, 6) is 0. The van der Waals surface area contributed by atoms with Gasteiger partial charge in [-0.3, -0.25) is 4.90 Å². The number of nitrogens with one attached hydrogen (secondary N) is 1. The van der Waals surface area contributed by atoms with Crippen molar-refractivity contribution in [1.29, 1.82) is 0 Å². The van der Waals surface area contributed by atoms with Crippen molar-refractivity contribution in [2.24, 2.45) is 0 Å². The molecule has 0 saturated carbocycles. The molecule has 1 aliphatic heterocycles. The van der Waals surface area contributed by atoms with E-state index in [4.69, 9.17) is 4.74 Å². The van der Waals surface area contributed by atoms with Crippen LogP contribution >= 0.6 is 0 Å². The number of hydrogen-bond acceptors (Lipinski definition) is 3. The van der Waals surface area contributed by atoms with E-state index in [1.807, 2.05) is 7.11 Å². The van der Waals surface area contributed by atoms with Crippen LogP contribution in [0.4, 0.5) is 0 Å². The normalized spacial score (nSPS) is 20.5. The molecular formula is C17H28N2O. The second-order valence-corrected chi connectivity index (χ2v) is 6.75. The Kier molecular flexibility index (Phi) is 5.19. The molecule has 0 spiro atoms. The molecule has 1 unspecified atom stereocenters. The second-order valence-electron chi connectivity index (χ2n) is 6.75. The van der Waals surface area contributed by atoms with Crippen LogP contribution < -0.4 is 5.32 Å². The second kappa shape index (κ2) is 6.70. The molecule has 20 heavy (non-hydrogen) atoms. The summed E-state index contributed by atoms with van der Waals surface area (Å²) in [5, 5.41) is 3.58. The summed E-state index contributed by atoms with van der Waals surface area (Å²) in [4.78, 5) is 2.49. The van der Waals surface area contributed by atoms with Gasteiger partial charge in [0.15, 0.2) is 0 Å². The van der Waals surface area contributed by atoms with E-state index >= 15 is 0 Å². The van der Waals surface area contributed by atoms with Gasteiger partial charge in [0.2, 0.25) is 0 Å². The van der Waals surface area contributed by atoms with Gasteiger partial charge in [-0.2, -0.15) is 0 Å². The zero-order valence-electron chi connectivity index (χ0n) is 13.3. The maximum Gasteiger partial charge on any atom is 0.0710 e. The smallest absolute Gasteiger partial charge is 0.0710 e. The SMILES string of the molecule is COC1CCN(Cc2ccccc2CNC(C)(C)C)C1. The highest BCUT2D eigenvalue weighted by atomic mass is 16.5. The van der Waals surface area contributed by atoms with Crippen molar-refractivity contribution < 1.29 is 4.74 Å². The predicted octanol–water partition coefficient (Wildman–Crippen LogP) is 2.80. The van der Waals surface area contributed by atoms with Gasteiger partial charge in [-0.05, 0) is 38.3 Å². The van der Waals surface area contributed by atoms with E-state index in [1.165, 1.54) is 11.1 Å². The molecule has 0 radical (unpaired) electrons. The van der Waals surface area contributed by atoms with Crippen molar-refractivity contribution in [3.8, 4) is 0 Å². The third-order valence-corrected chi connectivity index (χ3v) is 3.88. The fraction of sp³-hybridized carbons (Fsp3) is 0.647. The Balaban J connectivity index is 1.97. The first kappa shape index (κ1) is 15.5. The van der Waals surface area contributed by atoms with Crippen LogP contribution in [0.15, 0.2) is 24.3 Å². The number of hydrogen-bond donors (Lipinski definition) is 1. The molecule has 1 heterocycles. The third-order valence-electron chi connectivity index (χ3n) is 3.88. The molecule has 1 aromatic carbocycles. The lowest BCUT2D eigenvalue weighted by molar-refractivity contribution is 0.107. The predicted molar refractivity (Wildman–Crippen MR) is 83.7 cm³/mol. The Morgan fingerprint density at radius 2 is 1.95 bits per heavy atom. The highest BCUT2D eigenvalue weighted by molar-refractivity contribution is 5.27. The minimum atomic E-state index is 0.155. The van der Waals surface area contributed by atoms with Crippen molar-refractivity contribution in [1.82, 2.24) is 10.2 Å². The van der Waals surface area contributed by atoms with E-state index in [2.05, 4.69) is 55.3 Å². The minimum absolute atomic E-state index is 0.155. The van der Waals surface area contributed by atoms with Crippen LogP contribution in [-0.4, -0.2) is 36.7 Å². The van der Waals surface area contributed by atoms with Gasteiger partial charge in [0.1, 0.15) is 0 Å². The summed E-state index contributed by atoms with van der Waals surface area (Å²) < 4.78 is 5.45. The monoisotopic (exact) mass is 276 g/mol. The summed E-state index contributed by atoms with van der Waals surface area (Å²) in [6.07, 6.45) is 1.56. The molecule has 0 aliphatic carbocycles. The first-order chi connectivity index (χ1) is 9.48. The standard InChI is InChI=1S/C17H28N2O/c1-17(2,3)18-11-14-7-5-6-8-15(14)12-19-10-9-16(13-19)20-4/h5-8,16,18H,9-13H2,1-4H3. The van der Waals surface area contributed by atoms with Gasteiger partial charge in [-0.1, -0.05) is 24.3 Å². The zero-order valence-corrected chi connectivity index (χ0v) is 13.3. The lowest BCUT2D eigenvalue weighted by atomic mass is 10.0.